The highest BCUT2D eigenvalue weighted by Crippen LogP contribution is 2.53. The van der Waals surface area contributed by atoms with Gasteiger partial charge in [0, 0.05) is 0 Å². The molecule has 0 amide bonds. The Morgan fingerprint density at radius 2 is 2.17 bits per heavy atom. The Hall–Kier alpha value is -0.0400. The van der Waals surface area contributed by atoms with E-state index in [4.69, 9.17) is 4.74 Å². The normalized spacial score (nSPS) is 52.2. The molecule has 1 saturated carbocycles. The van der Waals surface area contributed by atoms with Crippen LogP contribution in [0.1, 0.15) is 33.6 Å². The molecule has 1 nitrogen and oxygen atoms in total. The van der Waals surface area contributed by atoms with Gasteiger partial charge in [-0.15, -0.1) is 0 Å². The fourth-order valence-electron chi connectivity index (χ4n) is 2.51. The van der Waals surface area contributed by atoms with E-state index in [1.54, 1.807) is 0 Å². The van der Waals surface area contributed by atoms with E-state index in [-0.39, 0.29) is 5.60 Å². The van der Waals surface area contributed by atoms with Crippen LogP contribution in [0.25, 0.3) is 0 Å². The Morgan fingerprint density at radius 3 is 2.67 bits per heavy atom. The van der Waals surface area contributed by atoms with Gasteiger partial charge in [-0.3, -0.25) is 0 Å². The van der Waals surface area contributed by atoms with Crippen LogP contribution in [0.2, 0.25) is 0 Å². The van der Waals surface area contributed by atoms with Crippen molar-refractivity contribution < 1.29 is 4.74 Å². The molecule has 0 spiro atoms. The average Bonchev–Trinajstić information content (AvgIpc) is 2.62. The summed E-state index contributed by atoms with van der Waals surface area (Å²) in [5, 5.41) is 0. The molecular weight excluding hydrogens is 148 g/mol. The Balaban J connectivity index is 2.02. The van der Waals surface area contributed by atoms with Crippen LogP contribution in [0.3, 0.4) is 0 Å². The first-order valence-corrected chi connectivity index (χ1v) is 5.05. The minimum absolute atomic E-state index is 0.241. The zero-order valence-electron chi connectivity index (χ0n) is 8.34. The summed E-state index contributed by atoms with van der Waals surface area (Å²) in [6.45, 7) is 10.9. The monoisotopic (exact) mass is 167 g/mol. The van der Waals surface area contributed by atoms with Gasteiger partial charge in [0.2, 0.25) is 0 Å². The lowest BCUT2D eigenvalue weighted by molar-refractivity contribution is 0.206. The largest absolute Gasteiger partial charge is 0.366 e. The Kier molecular flexibility index (Phi) is 1.76. The standard InChI is InChI=1S/C11H19O/c1-7(2)9-5-8(3)11(4)10(6-9)12-11/h7-10H,1,5-6H2,2-4H3. The van der Waals surface area contributed by atoms with Gasteiger partial charge >= 0.3 is 0 Å². The van der Waals surface area contributed by atoms with Crippen LogP contribution < -0.4 is 0 Å². The summed E-state index contributed by atoms with van der Waals surface area (Å²) < 4.78 is 5.73. The molecule has 1 saturated heterocycles. The zero-order chi connectivity index (χ0) is 8.93. The lowest BCUT2D eigenvalue weighted by atomic mass is 9.72. The van der Waals surface area contributed by atoms with E-state index < -0.39 is 0 Å². The Labute approximate surface area is 75.5 Å². The maximum absolute atomic E-state index is 5.73. The molecule has 0 N–H and O–H groups in total. The van der Waals surface area contributed by atoms with Crippen molar-refractivity contribution in [1.82, 2.24) is 0 Å². The summed E-state index contributed by atoms with van der Waals surface area (Å²) in [6.07, 6.45) is 3.10. The van der Waals surface area contributed by atoms with Gasteiger partial charge in [-0.2, -0.15) is 0 Å². The predicted molar refractivity (Wildman–Crippen MR) is 49.7 cm³/mol. The molecule has 69 valence electrons. The Bertz CT molecular complexity index is 187. The van der Waals surface area contributed by atoms with Gasteiger partial charge in [0.1, 0.15) is 0 Å². The predicted octanol–water partition coefficient (Wildman–Crippen LogP) is 2.66. The topological polar surface area (TPSA) is 12.5 Å². The van der Waals surface area contributed by atoms with Gasteiger partial charge < -0.3 is 4.74 Å². The van der Waals surface area contributed by atoms with Crippen LogP contribution in [0, 0.1) is 24.7 Å². The molecule has 1 heteroatoms. The summed E-state index contributed by atoms with van der Waals surface area (Å²) in [5.74, 6) is 2.10. The van der Waals surface area contributed by atoms with Crippen LogP contribution >= 0.6 is 0 Å². The molecule has 5 atom stereocenters. The molecule has 1 radical (unpaired) electrons. The minimum Gasteiger partial charge on any atom is -0.366 e. The molecule has 1 aliphatic carbocycles. The minimum atomic E-state index is 0.241. The van der Waals surface area contributed by atoms with Gasteiger partial charge in [-0.25, -0.2) is 0 Å². The second-order valence-corrected chi connectivity index (χ2v) is 4.90. The molecule has 1 aliphatic heterocycles. The van der Waals surface area contributed by atoms with Crippen molar-refractivity contribution in [2.24, 2.45) is 17.8 Å². The summed E-state index contributed by atoms with van der Waals surface area (Å²) in [7, 11) is 0. The summed E-state index contributed by atoms with van der Waals surface area (Å²) in [5.41, 5.74) is 0.241. The third-order valence-corrected chi connectivity index (χ3v) is 3.93. The molecule has 2 aliphatic rings. The molecular formula is C11H19O. The highest BCUT2D eigenvalue weighted by Gasteiger charge is 2.59. The van der Waals surface area contributed by atoms with Gasteiger partial charge in [-0.1, -0.05) is 20.8 Å². The van der Waals surface area contributed by atoms with Crippen molar-refractivity contribution in [2.75, 3.05) is 0 Å². The van der Waals surface area contributed by atoms with Crippen molar-refractivity contribution in [2.45, 2.75) is 45.3 Å². The van der Waals surface area contributed by atoms with Gasteiger partial charge in [0.05, 0.1) is 11.7 Å². The van der Waals surface area contributed by atoms with Crippen molar-refractivity contribution in [1.29, 1.82) is 0 Å². The molecule has 0 aromatic rings. The number of ether oxygens (including phenoxy) is 1. The van der Waals surface area contributed by atoms with E-state index in [1.165, 1.54) is 12.8 Å². The molecule has 1 heterocycles. The quantitative estimate of drug-likeness (QED) is 0.547. The molecule has 0 bridgehead atoms. The fraction of sp³-hybridized carbons (Fsp3) is 0.909. The lowest BCUT2D eigenvalue weighted by Gasteiger charge is -2.30. The van der Waals surface area contributed by atoms with Gasteiger partial charge in [0.15, 0.2) is 0 Å². The van der Waals surface area contributed by atoms with Gasteiger partial charge in [0.25, 0.3) is 0 Å². The number of hydrogen-bond donors (Lipinski definition) is 0. The van der Waals surface area contributed by atoms with Crippen LogP contribution in [0.4, 0.5) is 0 Å². The lowest BCUT2D eigenvalue weighted by Crippen LogP contribution is -2.31. The van der Waals surface area contributed by atoms with Gasteiger partial charge in [-0.05, 0) is 37.5 Å². The second-order valence-electron chi connectivity index (χ2n) is 4.90. The van der Waals surface area contributed by atoms with Crippen LogP contribution in [-0.2, 0) is 4.74 Å². The third kappa shape index (κ3) is 1.10. The van der Waals surface area contributed by atoms with E-state index in [1.807, 2.05) is 0 Å². The van der Waals surface area contributed by atoms with E-state index in [9.17, 15) is 0 Å². The Morgan fingerprint density at radius 1 is 1.50 bits per heavy atom. The van der Waals surface area contributed by atoms with Crippen molar-refractivity contribution in [3.8, 4) is 0 Å². The molecule has 0 aromatic carbocycles. The SMILES string of the molecule is [CH2]C(C)C1CC(C)C2(C)OC2C1. The van der Waals surface area contributed by atoms with E-state index >= 15 is 0 Å². The average molecular weight is 167 g/mol. The molecule has 5 unspecified atom stereocenters. The first kappa shape index (κ1) is 8.55. The van der Waals surface area contributed by atoms with Crippen LogP contribution in [0.5, 0.6) is 0 Å². The first-order chi connectivity index (χ1) is 5.54. The molecule has 12 heavy (non-hydrogen) atoms. The van der Waals surface area contributed by atoms with Crippen LogP contribution in [0.15, 0.2) is 0 Å². The maximum atomic E-state index is 5.73. The summed E-state index contributed by atoms with van der Waals surface area (Å²) >= 11 is 0. The smallest absolute Gasteiger partial charge is 0.0945 e. The van der Waals surface area contributed by atoms with Crippen molar-refractivity contribution >= 4 is 0 Å². The van der Waals surface area contributed by atoms with E-state index in [0.29, 0.717) is 12.0 Å². The maximum Gasteiger partial charge on any atom is 0.0945 e. The highest BCUT2D eigenvalue weighted by atomic mass is 16.6. The molecule has 0 aromatic heterocycles. The number of rotatable bonds is 1. The number of epoxide rings is 1. The summed E-state index contributed by atoms with van der Waals surface area (Å²) in [6, 6.07) is 0. The highest BCUT2D eigenvalue weighted by molar-refractivity contribution is 5.07. The third-order valence-electron chi connectivity index (χ3n) is 3.93. The zero-order valence-corrected chi connectivity index (χ0v) is 8.34. The second kappa shape index (κ2) is 2.47. The van der Waals surface area contributed by atoms with E-state index in [0.717, 1.165) is 11.8 Å². The van der Waals surface area contributed by atoms with Crippen LogP contribution in [-0.4, -0.2) is 11.7 Å². The molecule has 2 fully saturated rings. The van der Waals surface area contributed by atoms with Crippen molar-refractivity contribution in [3.05, 3.63) is 6.92 Å². The first-order valence-electron chi connectivity index (χ1n) is 5.05. The number of fused-ring (bicyclic) bond motifs is 1. The fourth-order valence-corrected chi connectivity index (χ4v) is 2.51. The van der Waals surface area contributed by atoms with Crippen molar-refractivity contribution in [3.63, 3.8) is 0 Å². The summed E-state index contributed by atoms with van der Waals surface area (Å²) in [4.78, 5) is 0. The number of hydrogen-bond acceptors (Lipinski definition) is 1. The molecule has 2 rings (SSSR count). The van der Waals surface area contributed by atoms with E-state index in [2.05, 4.69) is 27.7 Å².